The first-order valence-corrected chi connectivity index (χ1v) is 4.59. The highest BCUT2D eigenvalue weighted by atomic mass is 16.7. The summed E-state index contributed by atoms with van der Waals surface area (Å²) in [7, 11) is 0. The fourth-order valence-electron chi connectivity index (χ4n) is 1.75. The minimum atomic E-state index is 0.0690. The molecule has 2 aliphatic rings. The molecule has 2 atom stereocenters. The summed E-state index contributed by atoms with van der Waals surface area (Å²) in [6.07, 6.45) is 9.33. The molecule has 70 valence electrons. The average molecular weight is 179 g/mol. The number of nitrogens with zero attached hydrogens (tertiary/aromatic N) is 1. The molecule has 0 N–H and O–H groups in total. The lowest BCUT2D eigenvalue weighted by molar-refractivity contribution is -0.180. The Balaban J connectivity index is 2.10. The van der Waals surface area contributed by atoms with Gasteiger partial charge in [-0.2, -0.15) is 0 Å². The Morgan fingerprint density at radius 1 is 1.69 bits per heavy atom. The lowest BCUT2D eigenvalue weighted by Gasteiger charge is -2.22. The minimum Gasteiger partial charge on any atom is -0.272 e. The van der Waals surface area contributed by atoms with Gasteiger partial charge in [-0.05, 0) is 6.92 Å². The molecular weight excluding hydrogens is 166 g/mol. The predicted octanol–water partition coefficient (Wildman–Crippen LogP) is 1.42. The molecular formula is C10H13NO2. The molecule has 0 aromatic rings. The zero-order valence-corrected chi connectivity index (χ0v) is 7.64. The maximum absolute atomic E-state index is 11.4. The number of carbonyl (C=O) groups excluding carboxylic acids is 1. The van der Waals surface area contributed by atoms with Crippen molar-refractivity contribution in [3.05, 3.63) is 24.3 Å². The molecule has 0 unspecified atom stereocenters. The zero-order chi connectivity index (χ0) is 9.26. The monoisotopic (exact) mass is 179 g/mol. The van der Waals surface area contributed by atoms with E-state index in [9.17, 15) is 4.79 Å². The SMILES string of the molecule is C/C=C/[C@H]1C[C@H]2C=CCC(=O)N2O1. The number of rotatable bonds is 1. The highest BCUT2D eigenvalue weighted by Crippen LogP contribution is 2.26. The van der Waals surface area contributed by atoms with Crippen molar-refractivity contribution < 1.29 is 9.63 Å². The van der Waals surface area contributed by atoms with Crippen LogP contribution in [0.4, 0.5) is 0 Å². The summed E-state index contributed by atoms with van der Waals surface area (Å²) in [4.78, 5) is 16.8. The Hall–Kier alpha value is -1.09. The molecule has 3 heteroatoms. The fraction of sp³-hybridized carbons (Fsp3) is 0.500. The number of amides is 1. The molecule has 2 rings (SSSR count). The van der Waals surface area contributed by atoms with Crippen molar-refractivity contribution in [2.45, 2.75) is 31.9 Å². The van der Waals surface area contributed by atoms with Gasteiger partial charge >= 0.3 is 0 Å². The predicted molar refractivity (Wildman–Crippen MR) is 48.7 cm³/mol. The minimum absolute atomic E-state index is 0.0690. The van der Waals surface area contributed by atoms with E-state index in [0.717, 1.165) is 6.42 Å². The quantitative estimate of drug-likeness (QED) is 0.570. The Labute approximate surface area is 77.6 Å². The van der Waals surface area contributed by atoms with Crippen molar-refractivity contribution in [3.63, 3.8) is 0 Å². The Kier molecular flexibility index (Phi) is 2.19. The molecule has 3 nitrogen and oxygen atoms in total. The Bertz CT molecular complexity index is 270. The van der Waals surface area contributed by atoms with Gasteiger partial charge in [0.2, 0.25) is 0 Å². The van der Waals surface area contributed by atoms with Gasteiger partial charge in [0.15, 0.2) is 0 Å². The van der Waals surface area contributed by atoms with E-state index >= 15 is 0 Å². The van der Waals surface area contributed by atoms with Crippen molar-refractivity contribution in [1.29, 1.82) is 0 Å². The van der Waals surface area contributed by atoms with Crippen LogP contribution in [0.1, 0.15) is 19.8 Å². The van der Waals surface area contributed by atoms with E-state index in [1.54, 1.807) is 0 Å². The third-order valence-electron chi connectivity index (χ3n) is 2.33. The fourth-order valence-corrected chi connectivity index (χ4v) is 1.75. The molecule has 0 radical (unpaired) electrons. The number of hydrogen-bond acceptors (Lipinski definition) is 2. The van der Waals surface area contributed by atoms with Crippen molar-refractivity contribution in [2.75, 3.05) is 0 Å². The first-order chi connectivity index (χ1) is 6.31. The third-order valence-corrected chi connectivity index (χ3v) is 2.33. The molecule has 1 saturated heterocycles. The lowest BCUT2D eigenvalue weighted by Crippen LogP contribution is -2.35. The first-order valence-electron chi connectivity index (χ1n) is 4.59. The van der Waals surface area contributed by atoms with E-state index in [4.69, 9.17) is 4.84 Å². The first kappa shape index (κ1) is 8.51. The van der Waals surface area contributed by atoms with Crippen LogP contribution < -0.4 is 0 Å². The number of hydroxylamine groups is 2. The summed E-state index contributed by atoms with van der Waals surface area (Å²) >= 11 is 0. The van der Waals surface area contributed by atoms with Crippen LogP contribution in [-0.4, -0.2) is 23.1 Å². The summed E-state index contributed by atoms with van der Waals surface area (Å²) in [5, 5.41) is 1.50. The van der Waals surface area contributed by atoms with Crippen LogP contribution >= 0.6 is 0 Å². The van der Waals surface area contributed by atoms with E-state index < -0.39 is 0 Å². The van der Waals surface area contributed by atoms with Crippen LogP contribution in [0.25, 0.3) is 0 Å². The summed E-state index contributed by atoms with van der Waals surface area (Å²) in [5.41, 5.74) is 0. The van der Waals surface area contributed by atoms with E-state index in [0.29, 0.717) is 6.42 Å². The lowest BCUT2D eigenvalue weighted by atomic mass is 10.1. The largest absolute Gasteiger partial charge is 0.272 e. The van der Waals surface area contributed by atoms with Crippen LogP contribution in [0, 0.1) is 0 Å². The van der Waals surface area contributed by atoms with Crippen molar-refractivity contribution >= 4 is 5.91 Å². The van der Waals surface area contributed by atoms with Gasteiger partial charge < -0.3 is 0 Å². The summed E-state index contributed by atoms with van der Waals surface area (Å²) < 4.78 is 0. The van der Waals surface area contributed by atoms with E-state index in [-0.39, 0.29) is 18.1 Å². The molecule has 13 heavy (non-hydrogen) atoms. The van der Waals surface area contributed by atoms with Crippen molar-refractivity contribution in [3.8, 4) is 0 Å². The van der Waals surface area contributed by atoms with Gasteiger partial charge in [-0.1, -0.05) is 24.3 Å². The molecule has 2 aliphatic heterocycles. The molecule has 2 heterocycles. The number of allylic oxidation sites excluding steroid dienone is 1. The Morgan fingerprint density at radius 3 is 3.23 bits per heavy atom. The zero-order valence-electron chi connectivity index (χ0n) is 7.64. The van der Waals surface area contributed by atoms with Gasteiger partial charge in [0, 0.05) is 12.8 Å². The topological polar surface area (TPSA) is 29.5 Å². The highest BCUT2D eigenvalue weighted by Gasteiger charge is 2.35. The van der Waals surface area contributed by atoms with Gasteiger partial charge in [-0.15, -0.1) is 0 Å². The summed E-state index contributed by atoms with van der Waals surface area (Å²) in [6.45, 7) is 1.96. The summed E-state index contributed by atoms with van der Waals surface area (Å²) in [6, 6.07) is 0.155. The normalized spacial score (nSPS) is 33.0. The van der Waals surface area contributed by atoms with Crippen LogP contribution in [-0.2, 0) is 9.63 Å². The maximum Gasteiger partial charge on any atom is 0.250 e. The number of carbonyl (C=O) groups is 1. The summed E-state index contributed by atoms with van der Waals surface area (Å²) in [5.74, 6) is 0.0690. The van der Waals surface area contributed by atoms with E-state index in [1.165, 1.54) is 5.06 Å². The van der Waals surface area contributed by atoms with E-state index in [1.807, 2.05) is 31.2 Å². The second kappa shape index (κ2) is 3.34. The molecule has 0 saturated carbocycles. The second-order valence-corrected chi connectivity index (χ2v) is 3.32. The molecule has 1 amide bonds. The van der Waals surface area contributed by atoms with Crippen LogP contribution in [0.2, 0.25) is 0 Å². The average Bonchev–Trinajstić information content (AvgIpc) is 2.49. The molecule has 1 fully saturated rings. The van der Waals surface area contributed by atoms with Crippen LogP contribution in [0.3, 0.4) is 0 Å². The van der Waals surface area contributed by atoms with Gasteiger partial charge in [-0.25, -0.2) is 5.06 Å². The highest BCUT2D eigenvalue weighted by molar-refractivity contribution is 5.78. The second-order valence-electron chi connectivity index (χ2n) is 3.32. The standard InChI is InChI=1S/C10H13NO2/c1-2-4-9-7-8-5-3-6-10(12)11(8)13-9/h2-5,8-9H,6-7H2,1H3/b4-2+/t8-,9+/m1/s1. The molecule has 0 aromatic carbocycles. The van der Waals surface area contributed by atoms with Gasteiger partial charge in [0.25, 0.3) is 5.91 Å². The Morgan fingerprint density at radius 2 is 2.54 bits per heavy atom. The molecule has 0 aliphatic carbocycles. The third kappa shape index (κ3) is 1.52. The number of fused-ring (bicyclic) bond motifs is 1. The van der Waals surface area contributed by atoms with Crippen LogP contribution in [0.15, 0.2) is 24.3 Å². The van der Waals surface area contributed by atoms with Crippen LogP contribution in [0.5, 0.6) is 0 Å². The van der Waals surface area contributed by atoms with Crippen molar-refractivity contribution in [2.24, 2.45) is 0 Å². The molecule has 0 bridgehead atoms. The molecule has 0 aromatic heterocycles. The number of hydrogen-bond donors (Lipinski definition) is 0. The van der Waals surface area contributed by atoms with Crippen molar-refractivity contribution in [1.82, 2.24) is 5.06 Å². The van der Waals surface area contributed by atoms with Gasteiger partial charge in [-0.3, -0.25) is 9.63 Å². The maximum atomic E-state index is 11.4. The van der Waals surface area contributed by atoms with E-state index in [2.05, 4.69) is 0 Å². The molecule has 0 spiro atoms. The van der Waals surface area contributed by atoms with Gasteiger partial charge in [0.05, 0.1) is 6.04 Å². The smallest absolute Gasteiger partial charge is 0.250 e. The van der Waals surface area contributed by atoms with Gasteiger partial charge in [0.1, 0.15) is 6.10 Å².